The van der Waals surface area contributed by atoms with Crippen molar-refractivity contribution >= 4 is 27.4 Å². The molecule has 1 N–H and O–H groups in total. The van der Waals surface area contributed by atoms with E-state index in [1.165, 1.54) is 12.1 Å². The van der Waals surface area contributed by atoms with Crippen LogP contribution in [0.5, 0.6) is 5.75 Å². The number of sulfone groups is 1. The Bertz CT molecular complexity index is 851. The zero-order valence-electron chi connectivity index (χ0n) is 14.2. The number of carbonyl (C=O) groups is 2. The third kappa shape index (κ3) is 4.69. The molecule has 1 atom stereocenters. The summed E-state index contributed by atoms with van der Waals surface area (Å²) in [6.45, 7) is 1.08. The molecule has 0 aliphatic carbocycles. The summed E-state index contributed by atoms with van der Waals surface area (Å²) in [5, 5.41) is 13.7. The van der Waals surface area contributed by atoms with Crippen LogP contribution in [0.4, 0.5) is 5.69 Å². The van der Waals surface area contributed by atoms with E-state index in [0.29, 0.717) is 0 Å². The van der Waals surface area contributed by atoms with Crippen molar-refractivity contribution in [3.63, 3.8) is 0 Å². The van der Waals surface area contributed by atoms with Crippen molar-refractivity contribution in [1.82, 2.24) is 5.32 Å². The number of ether oxygens (including phenoxy) is 2. The van der Waals surface area contributed by atoms with Crippen LogP contribution in [-0.4, -0.2) is 56.0 Å². The number of methoxy groups -OCH3 is 1. The average molecular weight is 386 g/mol. The maximum absolute atomic E-state index is 12.0. The van der Waals surface area contributed by atoms with Crippen LogP contribution in [0.2, 0.25) is 0 Å². The highest BCUT2D eigenvalue weighted by molar-refractivity contribution is 7.91. The molecule has 1 fully saturated rings. The van der Waals surface area contributed by atoms with E-state index in [4.69, 9.17) is 4.74 Å². The normalized spacial score (nSPS) is 21.0. The van der Waals surface area contributed by atoms with Gasteiger partial charge in [0.2, 0.25) is 0 Å². The second-order valence-corrected chi connectivity index (χ2v) is 8.35. The fourth-order valence-electron chi connectivity index (χ4n) is 2.65. The number of nitrogens with zero attached hydrogens (tertiary/aromatic N) is 1. The molecule has 1 aromatic carbocycles. The van der Waals surface area contributed by atoms with Gasteiger partial charge in [-0.1, -0.05) is 0 Å². The average Bonchev–Trinajstić information content (AvgIpc) is 2.84. The van der Waals surface area contributed by atoms with Crippen LogP contribution in [0.1, 0.15) is 23.7 Å². The van der Waals surface area contributed by atoms with Gasteiger partial charge < -0.3 is 14.8 Å². The number of amides is 1. The highest BCUT2D eigenvalue weighted by Crippen LogP contribution is 2.28. The first-order chi connectivity index (χ1) is 12.1. The summed E-state index contributed by atoms with van der Waals surface area (Å²) in [6.07, 6.45) is 0.287. The third-order valence-electron chi connectivity index (χ3n) is 3.88. The summed E-state index contributed by atoms with van der Waals surface area (Å²) >= 11 is 0. The van der Waals surface area contributed by atoms with Crippen molar-refractivity contribution in [2.24, 2.45) is 0 Å². The largest absolute Gasteiger partial charge is 0.477 e. The molecule has 1 saturated heterocycles. The molecular formula is C15H18N2O8S. The summed E-state index contributed by atoms with van der Waals surface area (Å²) in [4.78, 5) is 33.9. The Morgan fingerprint density at radius 3 is 2.62 bits per heavy atom. The second kappa shape index (κ2) is 7.28. The van der Waals surface area contributed by atoms with Crippen LogP contribution in [0.25, 0.3) is 0 Å². The molecule has 0 saturated carbocycles. The van der Waals surface area contributed by atoms with Gasteiger partial charge in [0.05, 0.1) is 34.6 Å². The first-order valence-electron chi connectivity index (χ1n) is 7.56. The van der Waals surface area contributed by atoms with Crippen LogP contribution in [0, 0.1) is 10.1 Å². The zero-order chi connectivity index (χ0) is 19.5. The molecule has 1 aliphatic heterocycles. The van der Waals surface area contributed by atoms with Gasteiger partial charge in [-0.05, 0) is 25.5 Å². The fraction of sp³-hybridized carbons (Fsp3) is 0.467. The van der Waals surface area contributed by atoms with Gasteiger partial charge in [0, 0.05) is 6.07 Å². The Kier molecular flexibility index (Phi) is 5.50. The molecule has 142 valence electrons. The Hall–Kier alpha value is -2.69. The molecular weight excluding hydrogens is 368 g/mol. The molecule has 0 aromatic heterocycles. The minimum atomic E-state index is -3.19. The first kappa shape index (κ1) is 19.6. The summed E-state index contributed by atoms with van der Waals surface area (Å²) in [5.41, 5.74) is -1.41. The second-order valence-electron chi connectivity index (χ2n) is 6.17. The van der Waals surface area contributed by atoms with Crippen LogP contribution < -0.4 is 10.1 Å². The van der Waals surface area contributed by atoms with E-state index < -0.39 is 44.5 Å². The summed E-state index contributed by atoms with van der Waals surface area (Å²) in [5.74, 6) is -1.71. The van der Waals surface area contributed by atoms with E-state index in [2.05, 4.69) is 10.1 Å². The van der Waals surface area contributed by atoms with Gasteiger partial charge in [0.15, 0.2) is 22.2 Å². The first-order valence-corrected chi connectivity index (χ1v) is 9.38. The Morgan fingerprint density at radius 2 is 2.08 bits per heavy atom. The lowest BCUT2D eigenvalue weighted by molar-refractivity contribution is -0.385. The molecule has 1 heterocycles. The lowest BCUT2D eigenvalue weighted by Gasteiger charge is -2.23. The van der Waals surface area contributed by atoms with Gasteiger partial charge in [0.1, 0.15) is 0 Å². The van der Waals surface area contributed by atoms with Gasteiger partial charge in [-0.2, -0.15) is 0 Å². The maximum atomic E-state index is 12.0. The molecule has 0 radical (unpaired) electrons. The summed E-state index contributed by atoms with van der Waals surface area (Å²) < 4.78 is 32.8. The quantitative estimate of drug-likeness (QED) is 0.422. The van der Waals surface area contributed by atoms with Crippen molar-refractivity contribution in [1.29, 1.82) is 0 Å². The Labute approximate surface area is 149 Å². The topological polar surface area (TPSA) is 142 Å². The molecule has 0 unspecified atom stereocenters. The van der Waals surface area contributed by atoms with Crippen molar-refractivity contribution in [3.05, 3.63) is 33.9 Å². The number of rotatable bonds is 6. The van der Waals surface area contributed by atoms with Crippen LogP contribution in [0.15, 0.2) is 18.2 Å². The number of nitro benzene ring substituents is 1. The molecule has 11 heteroatoms. The molecule has 2 rings (SSSR count). The molecule has 26 heavy (non-hydrogen) atoms. The fourth-order valence-corrected chi connectivity index (χ4v) is 4.75. The Morgan fingerprint density at radius 1 is 1.38 bits per heavy atom. The minimum Gasteiger partial charge on any atom is -0.477 e. The van der Waals surface area contributed by atoms with Gasteiger partial charge in [-0.15, -0.1) is 0 Å². The van der Waals surface area contributed by atoms with Crippen molar-refractivity contribution in [2.75, 3.05) is 25.2 Å². The standard InChI is InChI=1S/C15H18N2O8S/c1-15(5-6-26(22,23)9-15)16-13(18)8-25-12-4-3-10(14(19)24-2)7-11(12)17(20)21/h3-4,7H,5-6,8-9H2,1-2H3,(H,16,18)/t15-/m1/s1. The molecule has 1 aliphatic rings. The Balaban J connectivity index is 2.06. The van der Waals surface area contributed by atoms with Gasteiger partial charge in [0.25, 0.3) is 5.91 Å². The third-order valence-corrected chi connectivity index (χ3v) is 5.78. The van der Waals surface area contributed by atoms with E-state index in [1.807, 2.05) is 0 Å². The van der Waals surface area contributed by atoms with E-state index in [1.54, 1.807) is 6.92 Å². The predicted octanol–water partition coefficient (Wildman–Crippen LogP) is 0.454. The van der Waals surface area contributed by atoms with Crippen LogP contribution in [0.3, 0.4) is 0 Å². The summed E-state index contributed by atoms with van der Waals surface area (Å²) in [7, 11) is -2.04. The van der Waals surface area contributed by atoms with E-state index in [-0.39, 0.29) is 29.2 Å². The number of carbonyl (C=O) groups excluding carboxylic acids is 2. The van der Waals surface area contributed by atoms with Crippen molar-refractivity contribution in [2.45, 2.75) is 18.9 Å². The van der Waals surface area contributed by atoms with E-state index in [9.17, 15) is 28.1 Å². The minimum absolute atomic E-state index is 0.00883. The van der Waals surface area contributed by atoms with Crippen molar-refractivity contribution in [3.8, 4) is 5.75 Å². The smallest absolute Gasteiger partial charge is 0.338 e. The van der Waals surface area contributed by atoms with E-state index >= 15 is 0 Å². The van der Waals surface area contributed by atoms with Gasteiger partial charge >= 0.3 is 11.7 Å². The zero-order valence-corrected chi connectivity index (χ0v) is 15.0. The lowest BCUT2D eigenvalue weighted by Crippen LogP contribution is -2.48. The number of hydrogen-bond acceptors (Lipinski definition) is 8. The summed E-state index contributed by atoms with van der Waals surface area (Å²) in [6, 6.07) is 3.46. The number of esters is 1. The molecule has 10 nitrogen and oxygen atoms in total. The monoisotopic (exact) mass is 386 g/mol. The predicted molar refractivity (Wildman–Crippen MR) is 89.7 cm³/mol. The highest BCUT2D eigenvalue weighted by Gasteiger charge is 2.39. The van der Waals surface area contributed by atoms with Crippen LogP contribution in [-0.2, 0) is 19.4 Å². The molecule has 0 spiro atoms. The van der Waals surface area contributed by atoms with E-state index in [0.717, 1.165) is 13.2 Å². The maximum Gasteiger partial charge on any atom is 0.338 e. The number of nitrogens with one attached hydrogen (secondary N) is 1. The van der Waals surface area contributed by atoms with Gasteiger partial charge in [-0.3, -0.25) is 14.9 Å². The number of benzene rings is 1. The number of hydrogen-bond donors (Lipinski definition) is 1. The molecule has 1 amide bonds. The molecule has 1 aromatic rings. The number of nitro groups is 1. The highest BCUT2D eigenvalue weighted by atomic mass is 32.2. The van der Waals surface area contributed by atoms with Crippen molar-refractivity contribution < 1.29 is 32.4 Å². The van der Waals surface area contributed by atoms with Gasteiger partial charge in [-0.25, -0.2) is 13.2 Å². The lowest BCUT2D eigenvalue weighted by atomic mass is 10.0. The molecule has 0 bridgehead atoms. The van der Waals surface area contributed by atoms with Crippen LogP contribution >= 0.6 is 0 Å². The SMILES string of the molecule is COC(=O)c1ccc(OCC(=O)N[C@]2(C)CCS(=O)(=O)C2)c([N+](=O)[O-])c1.